The molecule has 1 heterocycles. The summed E-state index contributed by atoms with van der Waals surface area (Å²) in [6, 6.07) is 7.93. The van der Waals surface area contributed by atoms with E-state index in [1.54, 1.807) is 0 Å². The van der Waals surface area contributed by atoms with Crippen LogP contribution in [0.5, 0.6) is 0 Å². The summed E-state index contributed by atoms with van der Waals surface area (Å²) in [5.41, 5.74) is 2.06. The molecular weight excluding hydrogens is 286 g/mol. The second kappa shape index (κ2) is 9.03. The molecule has 0 saturated carbocycles. The van der Waals surface area contributed by atoms with E-state index in [1.165, 1.54) is 5.56 Å². The Kier molecular flexibility index (Phi) is 7.72. The Bertz CT molecular complexity index is 445. The number of anilines is 1. The monoisotopic (exact) mass is 310 g/mol. The average molecular weight is 311 g/mol. The molecule has 0 radical (unpaired) electrons. The van der Waals surface area contributed by atoms with Crippen LogP contribution in [0.3, 0.4) is 0 Å². The third kappa shape index (κ3) is 6.04. The maximum absolute atomic E-state index is 11.9. The molecule has 0 spiro atoms. The third-order valence-electron chi connectivity index (χ3n) is 3.87. The van der Waals surface area contributed by atoms with Gasteiger partial charge in [0, 0.05) is 44.8 Å². The van der Waals surface area contributed by atoms with Gasteiger partial charge >= 0.3 is 0 Å². The lowest BCUT2D eigenvalue weighted by Crippen LogP contribution is -3.00. The van der Waals surface area contributed by atoms with Crippen LogP contribution in [0.15, 0.2) is 24.3 Å². The molecule has 2 rings (SSSR count). The van der Waals surface area contributed by atoms with Crippen molar-refractivity contribution in [3.05, 3.63) is 29.8 Å². The molecule has 1 aliphatic rings. The Balaban J connectivity index is 0.00000220. The molecule has 0 unspecified atom stereocenters. The van der Waals surface area contributed by atoms with Gasteiger partial charge in [-0.25, -0.2) is 0 Å². The first kappa shape index (κ1) is 18.0. The number of aryl methyl sites for hydroxylation is 1. The summed E-state index contributed by atoms with van der Waals surface area (Å²) in [7, 11) is 0. The van der Waals surface area contributed by atoms with Gasteiger partial charge in [-0.15, -0.1) is 0 Å². The summed E-state index contributed by atoms with van der Waals surface area (Å²) >= 11 is 0. The highest BCUT2D eigenvalue weighted by atomic mass is 35.5. The number of carbonyl (C=O) groups is 1. The fourth-order valence-electron chi connectivity index (χ4n) is 2.54. The van der Waals surface area contributed by atoms with Crippen molar-refractivity contribution in [2.24, 2.45) is 0 Å². The van der Waals surface area contributed by atoms with E-state index in [4.69, 9.17) is 0 Å². The molecule has 0 aliphatic carbocycles. The minimum atomic E-state index is 0. The molecule has 21 heavy (non-hydrogen) atoms. The van der Waals surface area contributed by atoms with Crippen molar-refractivity contribution in [2.75, 3.05) is 44.6 Å². The molecule has 1 fully saturated rings. The van der Waals surface area contributed by atoms with Gasteiger partial charge in [0.05, 0.1) is 0 Å². The van der Waals surface area contributed by atoms with E-state index < -0.39 is 0 Å². The smallest absolute Gasteiger partial charge is 0.225 e. The summed E-state index contributed by atoms with van der Waals surface area (Å²) in [5, 5.41) is 2.97. The number of nitrogens with one attached hydrogen (secondary N) is 1. The standard InChI is InChI=1S/C16H25N3O.ClH/c1-3-18-9-11-19(12-10-18)8-7-16(20)17-15-6-4-5-14(2)13-15;/h4-6,13H,3,7-12H2,1-2H3,(H,17,20);1H/p-1. The fourth-order valence-corrected chi connectivity index (χ4v) is 2.54. The third-order valence-corrected chi connectivity index (χ3v) is 3.87. The first-order chi connectivity index (χ1) is 9.67. The van der Waals surface area contributed by atoms with Crippen molar-refractivity contribution >= 4 is 11.6 Å². The maximum atomic E-state index is 11.9. The van der Waals surface area contributed by atoms with E-state index in [2.05, 4.69) is 22.0 Å². The summed E-state index contributed by atoms with van der Waals surface area (Å²) in [6.07, 6.45) is 0.570. The predicted octanol–water partition coefficient (Wildman–Crippen LogP) is -1.03. The lowest BCUT2D eigenvalue weighted by atomic mass is 10.2. The summed E-state index contributed by atoms with van der Waals surface area (Å²) < 4.78 is 0. The van der Waals surface area contributed by atoms with Gasteiger partial charge in [0.1, 0.15) is 0 Å². The van der Waals surface area contributed by atoms with Crippen LogP contribution < -0.4 is 17.7 Å². The van der Waals surface area contributed by atoms with E-state index in [0.717, 1.165) is 45.0 Å². The van der Waals surface area contributed by atoms with Crippen molar-refractivity contribution in [3.8, 4) is 0 Å². The average Bonchev–Trinajstić information content (AvgIpc) is 2.46. The molecule has 0 bridgehead atoms. The van der Waals surface area contributed by atoms with E-state index in [9.17, 15) is 4.79 Å². The number of benzene rings is 1. The van der Waals surface area contributed by atoms with Gasteiger partial charge in [-0.05, 0) is 31.2 Å². The number of hydrogen-bond acceptors (Lipinski definition) is 3. The minimum absolute atomic E-state index is 0. The Labute approximate surface area is 133 Å². The Hall–Kier alpha value is -1.10. The van der Waals surface area contributed by atoms with Crippen molar-refractivity contribution in [1.82, 2.24) is 9.80 Å². The first-order valence-electron chi connectivity index (χ1n) is 7.48. The van der Waals surface area contributed by atoms with Crippen LogP contribution in [0, 0.1) is 6.92 Å². The Morgan fingerprint density at radius 3 is 2.48 bits per heavy atom. The van der Waals surface area contributed by atoms with Gasteiger partial charge in [-0.1, -0.05) is 19.1 Å². The van der Waals surface area contributed by atoms with Crippen LogP contribution in [0.4, 0.5) is 5.69 Å². The van der Waals surface area contributed by atoms with Gasteiger partial charge in [0.2, 0.25) is 5.91 Å². The highest BCUT2D eigenvalue weighted by Crippen LogP contribution is 2.10. The highest BCUT2D eigenvalue weighted by Gasteiger charge is 2.15. The maximum Gasteiger partial charge on any atom is 0.225 e. The SMILES string of the molecule is CCN1CCN(CCC(=O)Nc2cccc(C)c2)CC1.[Cl-]. The summed E-state index contributed by atoms with van der Waals surface area (Å²) in [4.78, 5) is 16.8. The zero-order valence-electron chi connectivity index (χ0n) is 12.9. The lowest BCUT2D eigenvalue weighted by molar-refractivity contribution is -0.116. The van der Waals surface area contributed by atoms with Gasteiger partial charge in [-0.2, -0.15) is 0 Å². The van der Waals surface area contributed by atoms with Crippen molar-refractivity contribution < 1.29 is 17.2 Å². The van der Waals surface area contributed by atoms with Crippen LogP contribution >= 0.6 is 0 Å². The number of amides is 1. The van der Waals surface area contributed by atoms with Crippen LogP contribution in [-0.4, -0.2) is 55.0 Å². The Morgan fingerprint density at radius 2 is 1.86 bits per heavy atom. The zero-order chi connectivity index (χ0) is 14.4. The molecule has 118 valence electrons. The number of hydrogen-bond donors (Lipinski definition) is 1. The van der Waals surface area contributed by atoms with Crippen molar-refractivity contribution in [3.63, 3.8) is 0 Å². The van der Waals surface area contributed by atoms with Crippen LogP contribution in [-0.2, 0) is 4.79 Å². The molecule has 0 aromatic heterocycles. The number of rotatable bonds is 5. The van der Waals surface area contributed by atoms with Gasteiger partial charge in [0.25, 0.3) is 0 Å². The largest absolute Gasteiger partial charge is 1.00 e. The number of piperazine rings is 1. The molecular formula is C16H25ClN3O-. The lowest BCUT2D eigenvalue weighted by Gasteiger charge is -2.33. The molecule has 1 N–H and O–H groups in total. The van der Waals surface area contributed by atoms with Crippen molar-refractivity contribution in [2.45, 2.75) is 20.3 Å². The highest BCUT2D eigenvalue weighted by molar-refractivity contribution is 5.90. The number of carbonyl (C=O) groups excluding carboxylic acids is 1. The second-order valence-electron chi connectivity index (χ2n) is 5.44. The molecule has 4 nitrogen and oxygen atoms in total. The van der Waals surface area contributed by atoms with Gasteiger partial charge in [-0.3, -0.25) is 4.79 Å². The van der Waals surface area contributed by atoms with Gasteiger partial charge in [0.15, 0.2) is 0 Å². The quantitative estimate of drug-likeness (QED) is 0.755. The normalized spacial score (nSPS) is 16.3. The number of likely N-dealkylation sites (N-methyl/N-ethyl adjacent to an activating group) is 1. The van der Waals surface area contributed by atoms with Crippen LogP contribution in [0.25, 0.3) is 0 Å². The minimum Gasteiger partial charge on any atom is -1.00 e. The summed E-state index contributed by atoms with van der Waals surface area (Å²) in [6.45, 7) is 10.6. The van der Waals surface area contributed by atoms with Crippen LogP contribution in [0.2, 0.25) is 0 Å². The Morgan fingerprint density at radius 1 is 1.19 bits per heavy atom. The van der Waals surface area contributed by atoms with Gasteiger partial charge < -0.3 is 27.5 Å². The molecule has 1 amide bonds. The topological polar surface area (TPSA) is 35.6 Å². The summed E-state index contributed by atoms with van der Waals surface area (Å²) in [5.74, 6) is 0.105. The van der Waals surface area contributed by atoms with E-state index in [-0.39, 0.29) is 18.3 Å². The van der Waals surface area contributed by atoms with E-state index >= 15 is 0 Å². The molecule has 1 aromatic rings. The van der Waals surface area contributed by atoms with Crippen LogP contribution in [0.1, 0.15) is 18.9 Å². The predicted molar refractivity (Wildman–Crippen MR) is 83.0 cm³/mol. The fraction of sp³-hybridized carbons (Fsp3) is 0.562. The van der Waals surface area contributed by atoms with Crippen molar-refractivity contribution in [1.29, 1.82) is 0 Å². The first-order valence-corrected chi connectivity index (χ1v) is 7.48. The molecule has 1 aliphatic heterocycles. The number of halogens is 1. The van der Waals surface area contributed by atoms with E-state index in [1.807, 2.05) is 31.2 Å². The molecule has 5 heteroatoms. The second-order valence-corrected chi connectivity index (χ2v) is 5.44. The van der Waals surface area contributed by atoms with E-state index in [0.29, 0.717) is 6.42 Å². The molecule has 1 aromatic carbocycles. The number of nitrogens with zero attached hydrogens (tertiary/aromatic N) is 2. The zero-order valence-corrected chi connectivity index (χ0v) is 13.7. The molecule has 1 saturated heterocycles. The molecule has 0 atom stereocenters.